The summed E-state index contributed by atoms with van der Waals surface area (Å²) in [5.74, 6) is 4.02. The van der Waals surface area contributed by atoms with Crippen LogP contribution in [0.2, 0.25) is 0 Å². The Hall–Kier alpha value is -0.700. The second-order valence-electron chi connectivity index (χ2n) is 3.71. The molecule has 1 aromatic rings. The first-order valence-electron chi connectivity index (χ1n) is 4.93. The second kappa shape index (κ2) is 5.91. The average Bonchev–Trinajstić information content (AvgIpc) is 2.18. The third-order valence-corrected chi connectivity index (χ3v) is 3.24. The van der Waals surface area contributed by atoms with Crippen molar-refractivity contribution < 1.29 is 0 Å². The fourth-order valence-electron chi connectivity index (χ4n) is 1.11. The Kier molecular flexibility index (Phi) is 4.80. The summed E-state index contributed by atoms with van der Waals surface area (Å²) in [5, 5.41) is 3.05. The molecule has 0 fully saturated rings. The van der Waals surface area contributed by atoms with E-state index in [0.29, 0.717) is 0 Å². The van der Waals surface area contributed by atoms with Gasteiger partial charge in [0.25, 0.3) is 0 Å². The van der Waals surface area contributed by atoms with Gasteiger partial charge in [-0.05, 0) is 29.4 Å². The van der Waals surface area contributed by atoms with Crippen molar-refractivity contribution >= 4 is 17.6 Å². The summed E-state index contributed by atoms with van der Waals surface area (Å²) in [7, 11) is 1.90. The van der Waals surface area contributed by atoms with E-state index in [1.807, 2.05) is 25.0 Å². The standard InChI is InChI=1S/C11H18N2S/c1-9(2)7-14-8-10-4-5-13-11(6-10)12-3/h4-6,9H,7-8H2,1-3H3,(H,12,13). The number of thioether (sulfide) groups is 1. The smallest absolute Gasteiger partial charge is 0.125 e. The first-order valence-corrected chi connectivity index (χ1v) is 6.08. The van der Waals surface area contributed by atoms with Crippen molar-refractivity contribution in [2.45, 2.75) is 19.6 Å². The van der Waals surface area contributed by atoms with Gasteiger partial charge in [-0.2, -0.15) is 11.8 Å². The molecule has 78 valence electrons. The minimum atomic E-state index is 0.769. The van der Waals surface area contributed by atoms with Gasteiger partial charge in [0.2, 0.25) is 0 Å². The average molecular weight is 210 g/mol. The zero-order chi connectivity index (χ0) is 10.4. The molecule has 1 N–H and O–H groups in total. The van der Waals surface area contributed by atoms with E-state index in [0.717, 1.165) is 17.5 Å². The summed E-state index contributed by atoms with van der Waals surface area (Å²) in [4.78, 5) is 4.18. The SMILES string of the molecule is CNc1cc(CSCC(C)C)ccn1. The molecule has 0 aliphatic rings. The van der Waals surface area contributed by atoms with Crippen molar-refractivity contribution in [3.8, 4) is 0 Å². The molecule has 14 heavy (non-hydrogen) atoms. The van der Waals surface area contributed by atoms with E-state index in [-0.39, 0.29) is 0 Å². The van der Waals surface area contributed by atoms with E-state index < -0.39 is 0 Å². The third-order valence-electron chi connectivity index (χ3n) is 1.80. The summed E-state index contributed by atoms with van der Waals surface area (Å²) in [6, 6.07) is 4.18. The highest BCUT2D eigenvalue weighted by molar-refractivity contribution is 7.98. The molecule has 1 heterocycles. The molecule has 0 unspecified atom stereocenters. The number of hydrogen-bond donors (Lipinski definition) is 1. The molecule has 0 amide bonds. The molecule has 0 radical (unpaired) electrons. The zero-order valence-electron chi connectivity index (χ0n) is 9.08. The molecule has 1 aromatic heterocycles. The van der Waals surface area contributed by atoms with Crippen LogP contribution in [0.4, 0.5) is 5.82 Å². The van der Waals surface area contributed by atoms with Gasteiger partial charge in [-0.15, -0.1) is 0 Å². The molecule has 0 atom stereocenters. The Labute approximate surface area is 90.5 Å². The van der Waals surface area contributed by atoms with Gasteiger partial charge in [-0.1, -0.05) is 13.8 Å². The number of aromatic nitrogens is 1. The van der Waals surface area contributed by atoms with Gasteiger partial charge in [-0.3, -0.25) is 0 Å². The van der Waals surface area contributed by atoms with Crippen LogP contribution in [0.5, 0.6) is 0 Å². The highest BCUT2D eigenvalue weighted by atomic mass is 32.2. The van der Waals surface area contributed by atoms with Gasteiger partial charge in [-0.25, -0.2) is 4.98 Å². The van der Waals surface area contributed by atoms with Crippen LogP contribution in [0.15, 0.2) is 18.3 Å². The first-order chi connectivity index (χ1) is 6.72. The second-order valence-corrected chi connectivity index (χ2v) is 4.74. The highest BCUT2D eigenvalue weighted by Gasteiger charge is 1.98. The van der Waals surface area contributed by atoms with Crippen LogP contribution in [0, 0.1) is 5.92 Å². The van der Waals surface area contributed by atoms with Crippen molar-refractivity contribution in [3.63, 3.8) is 0 Å². The Morgan fingerprint density at radius 2 is 2.29 bits per heavy atom. The van der Waals surface area contributed by atoms with Crippen molar-refractivity contribution in [2.75, 3.05) is 18.1 Å². The Balaban J connectivity index is 2.42. The largest absolute Gasteiger partial charge is 0.373 e. The number of anilines is 1. The number of nitrogens with one attached hydrogen (secondary N) is 1. The molecule has 0 bridgehead atoms. The summed E-state index contributed by atoms with van der Waals surface area (Å²) >= 11 is 1.98. The molecule has 3 heteroatoms. The Morgan fingerprint density at radius 1 is 1.50 bits per heavy atom. The minimum Gasteiger partial charge on any atom is -0.373 e. The van der Waals surface area contributed by atoms with Gasteiger partial charge < -0.3 is 5.32 Å². The lowest BCUT2D eigenvalue weighted by Crippen LogP contribution is -1.94. The molecule has 0 spiro atoms. The summed E-state index contributed by atoms with van der Waals surface area (Å²) in [5.41, 5.74) is 1.34. The van der Waals surface area contributed by atoms with Crippen molar-refractivity contribution in [1.82, 2.24) is 4.98 Å². The van der Waals surface area contributed by atoms with Crippen LogP contribution in [0.25, 0.3) is 0 Å². The highest BCUT2D eigenvalue weighted by Crippen LogP contribution is 2.16. The number of rotatable bonds is 5. The lowest BCUT2D eigenvalue weighted by Gasteiger charge is -2.05. The van der Waals surface area contributed by atoms with E-state index >= 15 is 0 Å². The number of pyridine rings is 1. The quantitative estimate of drug-likeness (QED) is 0.808. The molecule has 0 aliphatic carbocycles. The van der Waals surface area contributed by atoms with Gasteiger partial charge >= 0.3 is 0 Å². The molecule has 0 aliphatic heterocycles. The van der Waals surface area contributed by atoms with Crippen LogP contribution in [0.3, 0.4) is 0 Å². The monoisotopic (exact) mass is 210 g/mol. The van der Waals surface area contributed by atoms with Crippen LogP contribution in [-0.2, 0) is 5.75 Å². The molecular weight excluding hydrogens is 192 g/mol. The molecule has 0 aromatic carbocycles. The van der Waals surface area contributed by atoms with E-state index in [4.69, 9.17) is 0 Å². The van der Waals surface area contributed by atoms with Crippen LogP contribution < -0.4 is 5.32 Å². The number of hydrogen-bond acceptors (Lipinski definition) is 3. The van der Waals surface area contributed by atoms with Crippen molar-refractivity contribution in [3.05, 3.63) is 23.9 Å². The third kappa shape index (κ3) is 4.01. The Morgan fingerprint density at radius 3 is 2.93 bits per heavy atom. The van der Waals surface area contributed by atoms with Gasteiger partial charge in [0.1, 0.15) is 5.82 Å². The van der Waals surface area contributed by atoms with Crippen LogP contribution >= 0.6 is 11.8 Å². The molecular formula is C11H18N2S. The van der Waals surface area contributed by atoms with Crippen LogP contribution in [0.1, 0.15) is 19.4 Å². The van der Waals surface area contributed by atoms with Gasteiger partial charge in [0.15, 0.2) is 0 Å². The van der Waals surface area contributed by atoms with E-state index in [1.165, 1.54) is 11.3 Å². The maximum Gasteiger partial charge on any atom is 0.125 e. The van der Waals surface area contributed by atoms with E-state index in [9.17, 15) is 0 Å². The van der Waals surface area contributed by atoms with Crippen molar-refractivity contribution in [2.24, 2.45) is 5.92 Å². The maximum atomic E-state index is 4.18. The lowest BCUT2D eigenvalue weighted by molar-refractivity contribution is 0.750. The summed E-state index contributed by atoms with van der Waals surface area (Å²) in [6.07, 6.45) is 1.86. The fraction of sp³-hybridized carbons (Fsp3) is 0.545. The van der Waals surface area contributed by atoms with Crippen molar-refractivity contribution in [1.29, 1.82) is 0 Å². The lowest BCUT2D eigenvalue weighted by atomic mass is 10.3. The maximum absolute atomic E-state index is 4.18. The minimum absolute atomic E-state index is 0.769. The van der Waals surface area contributed by atoms with Crippen LogP contribution in [-0.4, -0.2) is 17.8 Å². The predicted octanol–water partition coefficient (Wildman–Crippen LogP) is 3.01. The molecule has 2 nitrogen and oxygen atoms in total. The molecule has 0 saturated heterocycles. The first kappa shape index (κ1) is 11.4. The molecule has 1 rings (SSSR count). The number of nitrogens with zero attached hydrogens (tertiary/aromatic N) is 1. The van der Waals surface area contributed by atoms with Gasteiger partial charge in [0.05, 0.1) is 0 Å². The van der Waals surface area contributed by atoms with E-state index in [2.05, 4.69) is 36.3 Å². The summed E-state index contributed by atoms with van der Waals surface area (Å²) < 4.78 is 0. The van der Waals surface area contributed by atoms with Gasteiger partial charge in [0, 0.05) is 19.0 Å². The van der Waals surface area contributed by atoms with E-state index in [1.54, 1.807) is 0 Å². The zero-order valence-corrected chi connectivity index (χ0v) is 9.90. The predicted molar refractivity (Wildman–Crippen MR) is 64.8 cm³/mol. The molecule has 0 saturated carbocycles. The summed E-state index contributed by atoms with van der Waals surface area (Å²) in [6.45, 7) is 4.50. The normalized spacial score (nSPS) is 10.6. The Bertz CT molecular complexity index is 274. The topological polar surface area (TPSA) is 24.9 Å². The fourth-order valence-corrected chi connectivity index (χ4v) is 2.12.